The average molecular weight is 389 g/mol. The van der Waals surface area contributed by atoms with E-state index >= 15 is 0 Å². The van der Waals surface area contributed by atoms with Crippen molar-refractivity contribution in [3.8, 4) is 11.5 Å². The van der Waals surface area contributed by atoms with Gasteiger partial charge in [-0.25, -0.2) is 9.18 Å². The number of nitrogens with one attached hydrogen (secondary N) is 1. The number of rotatable bonds is 9. The summed E-state index contributed by atoms with van der Waals surface area (Å²) >= 11 is 0. The van der Waals surface area contributed by atoms with Crippen LogP contribution in [0.4, 0.5) is 4.39 Å². The summed E-state index contributed by atoms with van der Waals surface area (Å²) in [5, 5.41) is 2.60. The minimum absolute atomic E-state index is 0.178. The molecule has 0 aliphatic heterocycles. The normalized spacial score (nSPS) is 11.2. The van der Waals surface area contributed by atoms with Gasteiger partial charge in [0.25, 0.3) is 5.91 Å². The number of aldehydes is 1. The summed E-state index contributed by atoms with van der Waals surface area (Å²) in [4.78, 5) is 34.7. The number of methoxy groups -OCH3 is 1. The lowest BCUT2D eigenvalue weighted by Crippen LogP contribution is -2.36. The zero-order valence-electron chi connectivity index (χ0n) is 15.4. The maximum atomic E-state index is 12.9. The van der Waals surface area contributed by atoms with Gasteiger partial charge in [-0.15, -0.1) is 0 Å². The van der Waals surface area contributed by atoms with Gasteiger partial charge in [0.15, 0.2) is 24.2 Å². The first-order valence-electron chi connectivity index (χ1n) is 8.40. The Hall–Kier alpha value is -3.42. The molecule has 2 aromatic rings. The Balaban J connectivity index is 1.80. The van der Waals surface area contributed by atoms with Crippen LogP contribution in [0.15, 0.2) is 42.5 Å². The van der Waals surface area contributed by atoms with E-state index in [0.717, 1.165) is 0 Å². The lowest BCUT2D eigenvalue weighted by Gasteiger charge is -2.15. The number of amides is 1. The van der Waals surface area contributed by atoms with Crippen LogP contribution in [0.5, 0.6) is 11.5 Å². The van der Waals surface area contributed by atoms with Crippen molar-refractivity contribution in [2.45, 2.75) is 19.6 Å². The minimum atomic E-state index is -1.03. The summed E-state index contributed by atoms with van der Waals surface area (Å²) in [6.45, 7) is 1.17. The smallest absolute Gasteiger partial charge is 0.344 e. The van der Waals surface area contributed by atoms with Crippen molar-refractivity contribution in [2.24, 2.45) is 0 Å². The summed E-state index contributed by atoms with van der Waals surface area (Å²) in [7, 11) is 1.41. The molecule has 0 aromatic heterocycles. The van der Waals surface area contributed by atoms with Gasteiger partial charge in [-0.05, 0) is 42.8 Å². The van der Waals surface area contributed by atoms with Gasteiger partial charge in [-0.2, -0.15) is 0 Å². The molecule has 1 atom stereocenters. The van der Waals surface area contributed by atoms with Crippen LogP contribution >= 0.6 is 0 Å². The summed E-state index contributed by atoms with van der Waals surface area (Å²) in [6.07, 6.45) is -0.372. The Morgan fingerprint density at radius 1 is 1.14 bits per heavy atom. The van der Waals surface area contributed by atoms with E-state index in [1.165, 1.54) is 44.4 Å². The van der Waals surface area contributed by atoms with Crippen molar-refractivity contribution in [1.29, 1.82) is 0 Å². The molecule has 28 heavy (non-hydrogen) atoms. The quantitative estimate of drug-likeness (QED) is 0.523. The average Bonchev–Trinajstić information content (AvgIpc) is 2.71. The van der Waals surface area contributed by atoms with Crippen LogP contribution in [0.3, 0.4) is 0 Å². The van der Waals surface area contributed by atoms with E-state index in [1.807, 2.05) is 0 Å². The van der Waals surface area contributed by atoms with E-state index in [2.05, 4.69) is 5.32 Å². The first-order valence-corrected chi connectivity index (χ1v) is 8.40. The Bertz CT molecular complexity index is 837. The van der Waals surface area contributed by atoms with Gasteiger partial charge in [0, 0.05) is 12.1 Å². The predicted molar refractivity (Wildman–Crippen MR) is 97.7 cm³/mol. The summed E-state index contributed by atoms with van der Waals surface area (Å²) in [5.74, 6) is -1.05. The highest BCUT2D eigenvalue weighted by molar-refractivity contribution is 5.83. The topological polar surface area (TPSA) is 90.9 Å². The Kier molecular flexibility index (Phi) is 7.50. The maximum Gasteiger partial charge on any atom is 0.344 e. The summed E-state index contributed by atoms with van der Waals surface area (Å²) in [6, 6.07) is 10.2. The number of hydrogen-bond donors (Lipinski definition) is 1. The molecule has 1 N–H and O–H groups in total. The van der Waals surface area contributed by atoms with Crippen LogP contribution in [-0.4, -0.2) is 38.0 Å². The van der Waals surface area contributed by atoms with E-state index in [4.69, 9.17) is 14.2 Å². The number of hydrogen-bond acceptors (Lipinski definition) is 6. The fourth-order valence-corrected chi connectivity index (χ4v) is 2.23. The molecule has 7 nitrogen and oxygen atoms in total. The van der Waals surface area contributed by atoms with Crippen LogP contribution in [0, 0.1) is 5.82 Å². The number of benzene rings is 2. The highest BCUT2D eigenvalue weighted by Crippen LogP contribution is 2.27. The molecule has 148 valence electrons. The second kappa shape index (κ2) is 10.1. The van der Waals surface area contributed by atoms with Crippen molar-refractivity contribution in [2.75, 3.05) is 13.7 Å². The van der Waals surface area contributed by atoms with Crippen LogP contribution in [0.1, 0.15) is 22.8 Å². The summed E-state index contributed by atoms with van der Waals surface area (Å²) < 4.78 is 28.3. The minimum Gasteiger partial charge on any atom is -0.493 e. The van der Waals surface area contributed by atoms with Crippen molar-refractivity contribution >= 4 is 18.2 Å². The molecule has 0 saturated heterocycles. The molecule has 0 unspecified atom stereocenters. The zero-order valence-corrected chi connectivity index (χ0v) is 15.4. The highest BCUT2D eigenvalue weighted by Gasteiger charge is 2.18. The number of carbonyl (C=O) groups is 3. The molecular weight excluding hydrogens is 369 g/mol. The molecule has 0 heterocycles. The number of halogens is 1. The van der Waals surface area contributed by atoms with Gasteiger partial charge in [0.2, 0.25) is 0 Å². The highest BCUT2D eigenvalue weighted by atomic mass is 19.1. The Labute approximate surface area is 161 Å². The van der Waals surface area contributed by atoms with Crippen molar-refractivity contribution in [3.05, 3.63) is 59.4 Å². The Morgan fingerprint density at radius 3 is 2.50 bits per heavy atom. The second-order valence-electron chi connectivity index (χ2n) is 5.79. The molecule has 1 amide bonds. The van der Waals surface area contributed by atoms with Gasteiger partial charge in [0.1, 0.15) is 12.1 Å². The molecule has 0 aliphatic rings. The van der Waals surface area contributed by atoms with Gasteiger partial charge in [-0.1, -0.05) is 12.1 Å². The van der Waals surface area contributed by atoms with Crippen LogP contribution < -0.4 is 14.8 Å². The molecule has 0 saturated carbocycles. The van der Waals surface area contributed by atoms with Crippen LogP contribution in [0.2, 0.25) is 0 Å². The van der Waals surface area contributed by atoms with E-state index in [9.17, 15) is 18.8 Å². The van der Waals surface area contributed by atoms with Gasteiger partial charge in [0.05, 0.1) is 7.11 Å². The third-order valence-electron chi connectivity index (χ3n) is 3.73. The number of ether oxygens (including phenoxy) is 3. The van der Waals surface area contributed by atoms with Crippen molar-refractivity contribution in [1.82, 2.24) is 5.32 Å². The largest absolute Gasteiger partial charge is 0.493 e. The molecule has 2 rings (SSSR count). The van der Waals surface area contributed by atoms with Crippen molar-refractivity contribution in [3.63, 3.8) is 0 Å². The van der Waals surface area contributed by atoms with Gasteiger partial charge in [-0.3, -0.25) is 9.59 Å². The third kappa shape index (κ3) is 6.08. The predicted octanol–water partition coefficient (Wildman–Crippen LogP) is 2.27. The first-order chi connectivity index (χ1) is 13.4. The number of esters is 1. The zero-order chi connectivity index (χ0) is 20.5. The monoisotopic (exact) mass is 389 g/mol. The van der Waals surface area contributed by atoms with E-state index < -0.39 is 24.6 Å². The molecular formula is C20H20FNO6. The van der Waals surface area contributed by atoms with Crippen molar-refractivity contribution < 1.29 is 33.0 Å². The van der Waals surface area contributed by atoms with E-state index in [0.29, 0.717) is 23.2 Å². The first kappa shape index (κ1) is 20.9. The lowest BCUT2D eigenvalue weighted by atomic mass is 10.2. The van der Waals surface area contributed by atoms with Gasteiger partial charge >= 0.3 is 5.97 Å². The molecule has 0 spiro atoms. The fraction of sp³-hybridized carbons (Fsp3) is 0.250. The lowest BCUT2D eigenvalue weighted by molar-refractivity contribution is -0.156. The van der Waals surface area contributed by atoms with Gasteiger partial charge < -0.3 is 19.5 Å². The number of carbonyl (C=O) groups excluding carboxylic acids is 3. The second-order valence-corrected chi connectivity index (χ2v) is 5.79. The maximum absolute atomic E-state index is 12.9. The standard InChI is InChI=1S/C20H20FNO6/c1-13(20(25)22-10-14-3-6-16(21)7-4-14)28-19(24)12-27-17-8-5-15(11-23)9-18(17)26-2/h3-9,11,13H,10,12H2,1-2H3,(H,22,25)/t13-/m1/s1. The fourth-order valence-electron chi connectivity index (χ4n) is 2.23. The SMILES string of the molecule is COc1cc(C=O)ccc1OCC(=O)O[C@H](C)C(=O)NCc1ccc(F)cc1. The molecule has 2 aromatic carbocycles. The summed E-state index contributed by atoms with van der Waals surface area (Å²) in [5.41, 5.74) is 1.11. The third-order valence-corrected chi connectivity index (χ3v) is 3.73. The van der Waals surface area contributed by atoms with Crippen LogP contribution in [0.25, 0.3) is 0 Å². The molecule has 0 aliphatic carbocycles. The van der Waals surface area contributed by atoms with E-state index in [1.54, 1.807) is 12.1 Å². The molecule has 8 heteroatoms. The molecule has 0 bridgehead atoms. The Morgan fingerprint density at radius 2 is 1.86 bits per heavy atom. The van der Waals surface area contributed by atoms with Crippen LogP contribution in [-0.2, 0) is 20.9 Å². The molecule has 0 fully saturated rings. The molecule has 0 radical (unpaired) electrons. The van der Waals surface area contributed by atoms with E-state index in [-0.39, 0.29) is 18.1 Å².